The van der Waals surface area contributed by atoms with E-state index in [1.807, 2.05) is 0 Å². The number of nitrogens with zero attached hydrogens (tertiary/aromatic N) is 3. The first-order valence-corrected chi connectivity index (χ1v) is 11.7. The fourth-order valence-electron chi connectivity index (χ4n) is 5.14. The zero-order chi connectivity index (χ0) is 26.8. The van der Waals surface area contributed by atoms with Crippen molar-refractivity contribution in [1.29, 1.82) is 0 Å². The predicted molar refractivity (Wildman–Crippen MR) is 131 cm³/mol. The molecule has 0 N–H and O–H groups in total. The number of hydrogen-bond acceptors (Lipinski definition) is 8. The maximum atomic E-state index is 13.7. The Morgan fingerprint density at radius 2 is 2.00 bits per heavy atom. The number of carbonyl (C=O) groups excluding carboxylic acids is 2. The number of non-ortho nitro benzene ring substituents is 1. The number of hydrogen-bond donors (Lipinski definition) is 0. The summed E-state index contributed by atoms with van der Waals surface area (Å²) in [5.41, 5.74) is -0.510. The van der Waals surface area contributed by atoms with Crippen LogP contribution in [-0.2, 0) is 33.0 Å². The van der Waals surface area contributed by atoms with E-state index in [0.717, 1.165) is 6.07 Å². The summed E-state index contributed by atoms with van der Waals surface area (Å²) in [7, 11) is 0. The summed E-state index contributed by atoms with van der Waals surface area (Å²) in [5.74, 6) is -2.45. The van der Waals surface area contributed by atoms with Gasteiger partial charge in [0.2, 0.25) is 5.60 Å². The van der Waals surface area contributed by atoms with Crippen molar-refractivity contribution in [3.63, 3.8) is 0 Å². The van der Waals surface area contributed by atoms with Crippen LogP contribution in [0.3, 0.4) is 0 Å². The summed E-state index contributed by atoms with van der Waals surface area (Å²) >= 11 is 0. The van der Waals surface area contributed by atoms with Crippen LogP contribution >= 0.6 is 0 Å². The highest BCUT2D eigenvalue weighted by molar-refractivity contribution is 5.94. The third kappa shape index (κ3) is 3.31. The number of esters is 2. The average Bonchev–Trinajstić information content (AvgIpc) is 3.26. The highest BCUT2D eigenvalue weighted by atomic mass is 19.1. The van der Waals surface area contributed by atoms with Crippen molar-refractivity contribution in [2.45, 2.75) is 32.1 Å². The van der Waals surface area contributed by atoms with E-state index in [1.54, 1.807) is 25.1 Å². The molecule has 10 nitrogen and oxygen atoms in total. The van der Waals surface area contributed by atoms with Crippen molar-refractivity contribution in [1.82, 2.24) is 9.55 Å². The number of pyridine rings is 2. The van der Waals surface area contributed by atoms with Gasteiger partial charge < -0.3 is 14.0 Å². The van der Waals surface area contributed by atoms with Crippen molar-refractivity contribution in [3.8, 4) is 11.4 Å². The van der Waals surface area contributed by atoms with Crippen molar-refractivity contribution >= 4 is 28.5 Å². The van der Waals surface area contributed by atoms with E-state index in [1.165, 1.54) is 34.9 Å². The molecule has 0 saturated heterocycles. The van der Waals surface area contributed by atoms with Crippen LogP contribution < -0.4 is 5.56 Å². The molecule has 38 heavy (non-hydrogen) atoms. The second-order valence-electron chi connectivity index (χ2n) is 9.07. The van der Waals surface area contributed by atoms with E-state index in [0.29, 0.717) is 27.9 Å². The molecule has 2 aromatic carbocycles. The highest BCUT2D eigenvalue weighted by Gasteiger charge is 2.50. The molecular formula is C27H18FN3O7. The maximum absolute atomic E-state index is 13.7. The largest absolute Gasteiger partial charge is 0.457 e. The minimum atomic E-state index is -1.94. The van der Waals surface area contributed by atoms with Gasteiger partial charge in [-0.25, -0.2) is 19.0 Å². The molecule has 0 amide bonds. The highest BCUT2D eigenvalue weighted by Crippen LogP contribution is 2.41. The standard InChI is InChI=1S/C27H18FN3O7/c1-2-27(38-25(33)14-5-3-6-16(28)9-14)19-11-22-23-15(12-30(22)24(32)18(19)13-37-26(27)34)10-17-20(29-23)7-4-8-21(17)31(35)36/h3-11H,2,12-13H2,1H3/t27-/m0/s1. The lowest BCUT2D eigenvalue weighted by atomic mass is 9.85. The summed E-state index contributed by atoms with van der Waals surface area (Å²) in [6.07, 6.45) is -0.0486. The van der Waals surface area contributed by atoms with Crippen LogP contribution in [-0.4, -0.2) is 26.4 Å². The fraction of sp³-hybridized carbons (Fsp3) is 0.185. The van der Waals surface area contributed by atoms with Gasteiger partial charge in [-0.1, -0.05) is 19.1 Å². The monoisotopic (exact) mass is 515 g/mol. The van der Waals surface area contributed by atoms with Crippen molar-refractivity contribution in [2.24, 2.45) is 0 Å². The first kappa shape index (κ1) is 23.5. The van der Waals surface area contributed by atoms with Gasteiger partial charge in [-0.05, 0) is 42.8 Å². The Kier molecular flexibility index (Phi) is 5.13. The Hall–Kier alpha value is -4.93. The van der Waals surface area contributed by atoms with Crippen molar-refractivity contribution in [3.05, 3.63) is 103 Å². The molecule has 0 fully saturated rings. The topological polar surface area (TPSA) is 131 Å². The summed E-state index contributed by atoms with van der Waals surface area (Å²) in [4.78, 5) is 55.3. The van der Waals surface area contributed by atoms with Gasteiger partial charge in [0.05, 0.1) is 44.9 Å². The maximum Gasteiger partial charge on any atom is 0.355 e. The lowest BCUT2D eigenvalue weighted by Crippen LogP contribution is -2.47. The van der Waals surface area contributed by atoms with E-state index in [-0.39, 0.29) is 42.0 Å². The fourth-order valence-corrected chi connectivity index (χ4v) is 5.14. The third-order valence-electron chi connectivity index (χ3n) is 7.02. The van der Waals surface area contributed by atoms with Crippen molar-refractivity contribution < 1.29 is 28.4 Å². The molecule has 190 valence electrons. The summed E-state index contributed by atoms with van der Waals surface area (Å²) in [5, 5.41) is 11.9. The number of ether oxygens (including phenoxy) is 2. The van der Waals surface area contributed by atoms with Gasteiger partial charge in [-0.2, -0.15) is 0 Å². The zero-order valence-corrected chi connectivity index (χ0v) is 19.9. The molecule has 2 aliphatic heterocycles. The van der Waals surface area contributed by atoms with Crippen LogP contribution in [0.25, 0.3) is 22.3 Å². The van der Waals surface area contributed by atoms with Gasteiger partial charge in [-0.15, -0.1) is 0 Å². The Bertz CT molecular complexity index is 1780. The molecular weight excluding hydrogens is 497 g/mol. The lowest BCUT2D eigenvalue weighted by Gasteiger charge is -2.35. The zero-order valence-electron chi connectivity index (χ0n) is 19.9. The van der Waals surface area contributed by atoms with Gasteiger partial charge in [-0.3, -0.25) is 14.9 Å². The average molecular weight is 515 g/mol. The number of nitro benzene ring substituents is 1. The summed E-state index contributed by atoms with van der Waals surface area (Å²) in [6.45, 7) is 1.41. The molecule has 2 aromatic heterocycles. The number of aromatic nitrogens is 2. The number of cyclic esters (lactones) is 1. The van der Waals surface area contributed by atoms with Crippen LogP contribution in [0, 0.1) is 15.9 Å². The molecule has 4 heterocycles. The first-order valence-electron chi connectivity index (χ1n) is 11.7. The number of carbonyl (C=O) groups is 2. The lowest BCUT2D eigenvalue weighted by molar-refractivity contribution is -0.383. The van der Waals surface area contributed by atoms with Crippen LogP contribution in [0.2, 0.25) is 0 Å². The van der Waals surface area contributed by atoms with Crippen LogP contribution in [0.4, 0.5) is 10.1 Å². The molecule has 0 aliphatic carbocycles. The number of rotatable bonds is 4. The van der Waals surface area contributed by atoms with Crippen LogP contribution in [0.1, 0.15) is 40.4 Å². The molecule has 0 spiro atoms. The molecule has 4 aromatic rings. The molecule has 0 unspecified atom stereocenters. The summed E-state index contributed by atoms with van der Waals surface area (Å²) < 4.78 is 26.2. The van der Waals surface area contributed by atoms with Gasteiger partial charge in [0.15, 0.2) is 0 Å². The molecule has 11 heteroatoms. The Labute approximate surface area is 213 Å². The SMILES string of the molecule is CC[C@@]1(OC(=O)c2cccc(F)c2)C(=O)OCc2c1cc1n(c2=O)Cc2cc3c([N+](=O)[O-])cccc3nc2-1. The minimum absolute atomic E-state index is 0.0486. The molecule has 1 atom stereocenters. The normalized spacial score (nSPS) is 17.4. The second-order valence-corrected chi connectivity index (χ2v) is 9.07. The smallest absolute Gasteiger partial charge is 0.355 e. The molecule has 2 aliphatic rings. The molecule has 0 radical (unpaired) electrons. The minimum Gasteiger partial charge on any atom is -0.457 e. The molecule has 0 bridgehead atoms. The van der Waals surface area contributed by atoms with Gasteiger partial charge in [0.1, 0.15) is 12.4 Å². The van der Waals surface area contributed by atoms with E-state index >= 15 is 0 Å². The third-order valence-corrected chi connectivity index (χ3v) is 7.02. The van der Waals surface area contributed by atoms with E-state index in [2.05, 4.69) is 4.98 Å². The van der Waals surface area contributed by atoms with Gasteiger partial charge in [0, 0.05) is 17.2 Å². The van der Waals surface area contributed by atoms with Gasteiger partial charge >= 0.3 is 11.9 Å². The number of halogens is 1. The number of benzene rings is 2. The van der Waals surface area contributed by atoms with E-state index in [9.17, 15) is 28.9 Å². The van der Waals surface area contributed by atoms with E-state index < -0.39 is 33.8 Å². The quantitative estimate of drug-likeness (QED) is 0.200. The predicted octanol–water partition coefficient (Wildman–Crippen LogP) is 3.99. The Morgan fingerprint density at radius 1 is 1.21 bits per heavy atom. The first-order chi connectivity index (χ1) is 18.2. The molecule has 6 rings (SSSR count). The molecule has 0 saturated carbocycles. The van der Waals surface area contributed by atoms with Gasteiger partial charge in [0.25, 0.3) is 11.2 Å². The second kappa shape index (κ2) is 8.30. The van der Waals surface area contributed by atoms with Crippen LogP contribution in [0.5, 0.6) is 0 Å². The summed E-state index contributed by atoms with van der Waals surface area (Å²) in [6, 6.07) is 12.6. The van der Waals surface area contributed by atoms with E-state index in [4.69, 9.17) is 9.47 Å². The number of fused-ring (bicyclic) bond motifs is 5. The van der Waals surface area contributed by atoms with Crippen molar-refractivity contribution in [2.75, 3.05) is 0 Å². The Morgan fingerprint density at radius 3 is 2.74 bits per heavy atom. The van der Waals surface area contributed by atoms with Crippen LogP contribution in [0.15, 0.2) is 59.4 Å². The number of nitro groups is 1. The Balaban J connectivity index is 1.53.